The van der Waals surface area contributed by atoms with Crippen molar-refractivity contribution in [3.63, 3.8) is 0 Å². The van der Waals surface area contributed by atoms with Gasteiger partial charge in [0.2, 0.25) is 5.75 Å². The first-order valence-corrected chi connectivity index (χ1v) is 4.94. The molecule has 1 aromatic heterocycles. The van der Waals surface area contributed by atoms with Crippen LogP contribution in [-0.4, -0.2) is 27.3 Å². The molecule has 0 bridgehead atoms. The Bertz CT molecular complexity index is 574. The van der Waals surface area contributed by atoms with Crippen molar-refractivity contribution < 1.29 is 41.5 Å². The Hall–Kier alpha value is -2.53. The maximum Gasteiger partial charge on any atom is 0.573 e. The number of hydrogen-bond acceptors (Lipinski definition) is 5. The highest BCUT2D eigenvalue weighted by Gasteiger charge is 2.39. The molecule has 0 unspecified atom stereocenters. The number of aromatic nitrogens is 1. The molecular weight excluding hydrogens is 311 g/mol. The van der Waals surface area contributed by atoms with E-state index >= 15 is 0 Å². The fourth-order valence-electron chi connectivity index (χ4n) is 1.40. The standard InChI is InChI=1S/C9H5F5N2O5/c10-8(11)5-7(21-9(12,13)14)6(16(19)20)3(2-15-5)1-4(17)18/h2,8H,1H2,(H,17,18). The van der Waals surface area contributed by atoms with Crippen molar-refractivity contribution >= 4 is 11.7 Å². The highest BCUT2D eigenvalue weighted by atomic mass is 19.4. The van der Waals surface area contributed by atoms with Crippen LogP contribution in [0.4, 0.5) is 27.6 Å². The van der Waals surface area contributed by atoms with Crippen molar-refractivity contribution in [2.45, 2.75) is 19.2 Å². The average Bonchev–Trinajstić information content (AvgIpc) is 2.24. The van der Waals surface area contributed by atoms with Gasteiger partial charge in [-0.25, -0.2) is 8.78 Å². The molecule has 0 saturated heterocycles. The molecule has 116 valence electrons. The molecule has 0 aliphatic heterocycles. The SMILES string of the molecule is O=C(O)Cc1cnc(C(F)F)c(OC(F)(F)F)c1[N+](=O)[O-]. The molecule has 0 saturated carbocycles. The Kier molecular flexibility index (Phi) is 4.60. The zero-order chi connectivity index (χ0) is 16.4. The lowest BCUT2D eigenvalue weighted by molar-refractivity contribution is -0.389. The van der Waals surface area contributed by atoms with Gasteiger partial charge in [0.25, 0.3) is 6.43 Å². The third kappa shape index (κ3) is 4.22. The number of aliphatic carboxylic acids is 1. The molecule has 7 nitrogen and oxygen atoms in total. The topological polar surface area (TPSA) is 103 Å². The van der Waals surface area contributed by atoms with Crippen molar-refractivity contribution in [2.75, 3.05) is 0 Å². The van der Waals surface area contributed by atoms with E-state index in [2.05, 4.69) is 9.72 Å². The van der Waals surface area contributed by atoms with Crippen LogP contribution < -0.4 is 4.74 Å². The first kappa shape index (κ1) is 16.5. The van der Waals surface area contributed by atoms with Gasteiger partial charge in [0, 0.05) is 6.20 Å². The Morgan fingerprint density at radius 1 is 1.48 bits per heavy atom. The van der Waals surface area contributed by atoms with Crippen LogP contribution in [0, 0.1) is 10.1 Å². The number of carbonyl (C=O) groups is 1. The number of hydrogen-bond donors (Lipinski definition) is 1. The molecule has 0 aliphatic rings. The molecule has 0 amide bonds. The molecule has 1 aromatic rings. The van der Waals surface area contributed by atoms with Crippen molar-refractivity contribution in [2.24, 2.45) is 0 Å². The molecule has 0 spiro atoms. The molecule has 0 aromatic carbocycles. The molecule has 1 rings (SSSR count). The first-order chi connectivity index (χ1) is 9.53. The molecule has 1 N–H and O–H groups in total. The van der Waals surface area contributed by atoms with E-state index in [-0.39, 0.29) is 0 Å². The summed E-state index contributed by atoms with van der Waals surface area (Å²) < 4.78 is 65.0. The lowest BCUT2D eigenvalue weighted by Crippen LogP contribution is -2.20. The van der Waals surface area contributed by atoms with Crippen LogP contribution >= 0.6 is 0 Å². The summed E-state index contributed by atoms with van der Waals surface area (Å²) in [6, 6.07) is 0. The van der Waals surface area contributed by atoms with Crippen LogP contribution in [0.5, 0.6) is 5.75 Å². The predicted octanol–water partition coefficient (Wildman–Crippen LogP) is 2.45. The molecule has 1 heterocycles. The Morgan fingerprint density at radius 2 is 2.05 bits per heavy atom. The number of nitro groups is 1. The minimum Gasteiger partial charge on any atom is -0.481 e. The van der Waals surface area contributed by atoms with Gasteiger partial charge >= 0.3 is 18.0 Å². The van der Waals surface area contributed by atoms with Gasteiger partial charge < -0.3 is 9.84 Å². The number of nitrogens with zero attached hydrogens (tertiary/aromatic N) is 2. The Labute approximate surface area is 112 Å². The highest BCUT2D eigenvalue weighted by Crippen LogP contribution is 2.40. The van der Waals surface area contributed by atoms with E-state index in [4.69, 9.17) is 5.11 Å². The van der Waals surface area contributed by atoms with E-state index in [1.54, 1.807) is 0 Å². The monoisotopic (exact) mass is 316 g/mol. The Morgan fingerprint density at radius 3 is 2.43 bits per heavy atom. The zero-order valence-electron chi connectivity index (χ0n) is 9.73. The van der Waals surface area contributed by atoms with E-state index in [1.165, 1.54) is 0 Å². The van der Waals surface area contributed by atoms with E-state index in [0.717, 1.165) is 0 Å². The van der Waals surface area contributed by atoms with E-state index in [0.29, 0.717) is 6.20 Å². The Balaban J connectivity index is 3.57. The first-order valence-electron chi connectivity index (χ1n) is 4.94. The van der Waals surface area contributed by atoms with Crippen LogP contribution in [0.1, 0.15) is 17.7 Å². The van der Waals surface area contributed by atoms with Crippen molar-refractivity contribution in [3.8, 4) is 5.75 Å². The molecule has 0 atom stereocenters. The zero-order valence-corrected chi connectivity index (χ0v) is 9.73. The molecule has 12 heteroatoms. The van der Waals surface area contributed by atoms with Gasteiger partial charge in [0.1, 0.15) is 0 Å². The van der Waals surface area contributed by atoms with Gasteiger partial charge in [0.05, 0.1) is 16.9 Å². The number of carboxylic acid groups (broad SMARTS) is 1. The third-order valence-corrected chi connectivity index (χ3v) is 2.06. The summed E-state index contributed by atoms with van der Waals surface area (Å²) in [7, 11) is 0. The minimum absolute atomic E-state index is 0.400. The molecule has 0 fully saturated rings. The third-order valence-electron chi connectivity index (χ3n) is 2.06. The summed E-state index contributed by atoms with van der Waals surface area (Å²) in [5.74, 6) is -3.44. The van der Waals surface area contributed by atoms with Crippen LogP contribution in [-0.2, 0) is 11.2 Å². The summed E-state index contributed by atoms with van der Waals surface area (Å²) in [6.45, 7) is 0. The van der Waals surface area contributed by atoms with Gasteiger partial charge in [-0.1, -0.05) is 0 Å². The van der Waals surface area contributed by atoms with Gasteiger partial charge in [-0.05, 0) is 0 Å². The second kappa shape index (κ2) is 5.85. The van der Waals surface area contributed by atoms with E-state index < -0.39 is 52.8 Å². The van der Waals surface area contributed by atoms with E-state index in [1.807, 2.05) is 0 Å². The molecule has 21 heavy (non-hydrogen) atoms. The number of ether oxygens (including phenoxy) is 1. The predicted molar refractivity (Wildman–Crippen MR) is 53.9 cm³/mol. The van der Waals surface area contributed by atoms with Gasteiger partial charge in [-0.2, -0.15) is 0 Å². The van der Waals surface area contributed by atoms with Gasteiger partial charge in [-0.15, -0.1) is 13.2 Å². The second-order valence-electron chi connectivity index (χ2n) is 3.52. The maximum atomic E-state index is 12.6. The summed E-state index contributed by atoms with van der Waals surface area (Å²) in [4.78, 5) is 22.8. The van der Waals surface area contributed by atoms with Crippen LogP contribution in [0.15, 0.2) is 6.20 Å². The number of carboxylic acids is 1. The molecule has 0 radical (unpaired) electrons. The average molecular weight is 316 g/mol. The van der Waals surface area contributed by atoms with Crippen LogP contribution in [0.3, 0.4) is 0 Å². The number of pyridine rings is 1. The largest absolute Gasteiger partial charge is 0.573 e. The quantitative estimate of drug-likeness (QED) is 0.508. The van der Waals surface area contributed by atoms with Crippen molar-refractivity contribution in [1.82, 2.24) is 4.98 Å². The van der Waals surface area contributed by atoms with Gasteiger partial charge in [0.15, 0.2) is 5.69 Å². The molecular formula is C9H5F5N2O5. The maximum absolute atomic E-state index is 12.6. The highest BCUT2D eigenvalue weighted by molar-refractivity contribution is 5.73. The molecule has 0 aliphatic carbocycles. The number of halogens is 5. The summed E-state index contributed by atoms with van der Waals surface area (Å²) in [5, 5.41) is 19.3. The van der Waals surface area contributed by atoms with E-state index in [9.17, 15) is 36.9 Å². The summed E-state index contributed by atoms with van der Waals surface area (Å²) >= 11 is 0. The lowest BCUT2D eigenvalue weighted by atomic mass is 10.1. The lowest BCUT2D eigenvalue weighted by Gasteiger charge is -2.13. The smallest absolute Gasteiger partial charge is 0.481 e. The summed E-state index contributed by atoms with van der Waals surface area (Å²) in [5.41, 5.74) is -3.91. The summed E-state index contributed by atoms with van der Waals surface area (Å²) in [6.07, 6.45) is -9.75. The number of rotatable bonds is 5. The van der Waals surface area contributed by atoms with Crippen molar-refractivity contribution in [3.05, 3.63) is 27.6 Å². The minimum atomic E-state index is -5.49. The normalized spacial score (nSPS) is 11.5. The number of alkyl halides is 5. The fraction of sp³-hybridized carbons (Fsp3) is 0.333. The van der Waals surface area contributed by atoms with Crippen molar-refractivity contribution in [1.29, 1.82) is 0 Å². The van der Waals surface area contributed by atoms with Crippen LogP contribution in [0.25, 0.3) is 0 Å². The fourth-order valence-corrected chi connectivity index (χ4v) is 1.40. The second-order valence-corrected chi connectivity index (χ2v) is 3.52. The van der Waals surface area contributed by atoms with Crippen LogP contribution in [0.2, 0.25) is 0 Å². The van der Waals surface area contributed by atoms with Gasteiger partial charge in [-0.3, -0.25) is 19.9 Å².